The number of benzene rings is 1. The normalized spacial score (nSPS) is 11.3. The summed E-state index contributed by atoms with van der Waals surface area (Å²) in [5.74, 6) is -0.285. The monoisotopic (exact) mass is 432 g/mol. The Kier molecular flexibility index (Phi) is 4.29. The third kappa shape index (κ3) is 3.01. The molecule has 0 fully saturated rings. The van der Waals surface area contributed by atoms with E-state index in [1.807, 2.05) is 24.3 Å². The number of hydrogen-bond donors (Lipinski definition) is 1. The standard InChI is InChI=1S/C16H13BrN6O2S/c1-22-15-13(14(17)21-22)16(25)23(8-19-15)7-11(24)18-6-12-20-9-4-2-3-5-10(9)26-12/h2-5,8H,6-7H2,1H3,(H,18,24). The van der Waals surface area contributed by atoms with Crippen LogP contribution in [0, 0.1) is 0 Å². The number of aryl methyl sites for hydroxylation is 1. The number of fused-ring (bicyclic) bond motifs is 2. The second-order valence-electron chi connectivity index (χ2n) is 5.64. The van der Waals surface area contributed by atoms with Crippen LogP contribution in [-0.4, -0.2) is 30.2 Å². The van der Waals surface area contributed by atoms with Crippen LogP contribution in [0.2, 0.25) is 0 Å². The van der Waals surface area contributed by atoms with Gasteiger partial charge < -0.3 is 5.32 Å². The number of amides is 1. The summed E-state index contributed by atoms with van der Waals surface area (Å²) in [5.41, 5.74) is 1.06. The fourth-order valence-corrected chi connectivity index (χ4v) is 4.12. The van der Waals surface area contributed by atoms with Crippen LogP contribution in [0.3, 0.4) is 0 Å². The van der Waals surface area contributed by atoms with Crippen molar-refractivity contribution in [2.24, 2.45) is 7.05 Å². The Labute approximate surface area is 159 Å². The molecule has 3 aromatic heterocycles. The third-order valence-electron chi connectivity index (χ3n) is 3.86. The molecule has 0 saturated heterocycles. The predicted octanol–water partition coefficient (Wildman–Crippen LogP) is 1.82. The summed E-state index contributed by atoms with van der Waals surface area (Å²) in [4.78, 5) is 33.4. The molecule has 3 heterocycles. The Morgan fingerprint density at radius 3 is 2.96 bits per heavy atom. The van der Waals surface area contributed by atoms with Gasteiger partial charge in [0.15, 0.2) is 5.65 Å². The SMILES string of the molecule is Cn1nc(Br)c2c(=O)n(CC(=O)NCc3nc4ccccc4s3)cnc21. The molecule has 0 aliphatic carbocycles. The van der Waals surface area contributed by atoms with E-state index in [2.05, 4.69) is 36.3 Å². The van der Waals surface area contributed by atoms with E-state index >= 15 is 0 Å². The smallest absolute Gasteiger partial charge is 0.266 e. The van der Waals surface area contributed by atoms with Crippen molar-refractivity contribution in [3.8, 4) is 0 Å². The lowest BCUT2D eigenvalue weighted by Gasteiger charge is -2.06. The van der Waals surface area contributed by atoms with Crippen LogP contribution in [0.5, 0.6) is 0 Å². The van der Waals surface area contributed by atoms with Crippen LogP contribution in [0.1, 0.15) is 5.01 Å². The molecular formula is C16H13BrN6O2S. The fourth-order valence-electron chi connectivity index (χ4n) is 2.63. The Morgan fingerprint density at radius 1 is 1.35 bits per heavy atom. The van der Waals surface area contributed by atoms with Crippen molar-refractivity contribution in [1.29, 1.82) is 0 Å². The summed E-state index contributed by atoms with van der Waals surface area (Å²) in [5, 5.41) is 8.08. The van der Waals surface area contributed by atoms with Gasteiger partial charge in [-0.25, -0.2) is 14.6 Å². The molecule has 0 bridgehead atoms. The Bertz CT molecular complexity index is 1160. The first-order valence-corrected chi connectivity index (χ1v) is 9.32. The minimum Gasteiger partial charge on any atom is -0.348 e. The molecule has 0 unspecified atom stereocenters. The third-order valence-corrected chi connectivity index (χ3v) is 5.45. The van der Waals surface area contributed by atoms with E-state index in [0.29, 0.717) is 22.2 Å². The van der Waals surface area contributed by atoms with Gasteiger partial charge in [0.25, 0.3) is 5.56 Å². The summed E-state index contributed by atoms with van der Waals surface area (Å²) >= 11 is 4.79. The Hall–Kier alpha value is -2.59. The molecule has 4 rings (SSSR count). The van der Waals surface area contributed by atoms with Crippen molar-refractivity contribution < 1.29 is 4.79 Å². The number of para-hydroxylation sites is 1. The minimum atomic E-state index is -0.315. The number of halogens is 1. The van der Waals surface area contributed by atoms with Crippen molar-refractivity contribution in [2.75, 3.05) is 0 Å². The van der Waals surface area contributed by atoms with Gasteiger partial charge in [-0.2, -0.15) is 5.10 Å². The lowest BCUT2D eigenvalue weighted by molar-refractivity contribution is -0.121. The van der Waals surface area contributed by atoms with E-state index in [4.69, 9.17) is 0 Å². The first-order chi connectivity index (χ1) is 12.5. The number of nitrogens with one attached hydrogen (secondary N) is 1. The lowest BCUT2D eigenvalue weighted by atomic mass is 10.3. The van der Waals surface area contributed by atoms with Crippen LogP contribution in [0.15, 0.2) is 40.0 Å². The summed E-state index contributed by atoms with van der Waals surface area (Å²) in [6.07, 6.45) is 1.36. The van der Waals surface area contributed by atoms with E-state index in [9.17, 15) is 9.59 Å². The highest BCUT2D eigenvalue weighted by atomic mass is 79.9. The van der Waals surface area contributed by atoms with Crippen molar-refractivity contribution >= 4 is 54.4 Å². The van der Waals surface area contributed by atoms with Crippen LogP contribution < -0.4 is 10.9 Å². The number of rotatable bonds is 4. The molecular weight excluding hydrogens is 420 g/mol. The zero-order valence-electron chi connectivity index (χ0n) is 13.6. The van der Waals surface area contributed by atoms with Gasteiger partial charge in [-0.1, -0.05) is 12.1 Å². The molecule has 1 N–H and O–H groups in total. The highest BCUT2D eigenvalue weighted by Gasteiger charge is 2.15. The minimum absolute atomic E-state index is 0.117. The first-order valence-electron chi connectivity index (χ1n) is 7.71. The summed E-state index contributed by atoms with van der Waals surface area (Å²) in [6.45, 7) is 0.202. The van der Waals surface area contributed by atoms with Crippen LogP contribution in [0.25, 0.3) is 21.3 Å². The van der Waals surface area contributed by atoms with Gasteiger partial charge >= 0.3 is 0 Å². The quantitative estimate of drug-likeness (QED) is 0.530. The highest BCUT2D eigenvalue weighted by molar-refractivity contribution is 9.10. The van der Waals surface area contributed by atoms with E-state index in [0.717, 1.165) is 15.2 Å². The van der Waals surface area contributed by atoms with Crippen molar-refractivity contribution in [3.05, 3.63) is 50.6 Å². The number of nitrogens with zero attached hydrogens (tertiary/aromatic N) is 5. The Morgan fingerprint density at radius 2 is 2.15 bits per heavy atom. The van der Waals surface area contributed by atoms with Gasteiger partial charge in [-0.15, -0.1) is 11.3 Å². The lowest BCUT2D eigenvalue weighted by Crippen LogP contribution is -2.32. The van der Waals surface area contributed by atoms with Crippen LogP contribution in [-0.2, 0) is 24.9 Å². The van der Waals surface area contributed by atoms with Gasteiger partial charge in [-0.05, 0) is 28.1 Å². The molecule has 0 aliphatic heterocycles. The first kappa shape index (κ1) is 16.9. The maximum Gasteiger partial charge on any atom is 0.266 e. The molecule has 26 heavy (non-hydrogen) atoms. The topological polar surface area (TPSA) is 94.7 Å². The van der Waals surface area contributed by atoms with Gasteiger partial charge in [0.2, 0.25) is 5.91 Å². The molecule has 0 atom stereocenters. The highest BCUT2D eigenvalue weighted by Crippen LogP contribution is 2.21. The molecule has 1 amide bonds. The van der Waals surface area contributed by atoms with Crippen LogP contribution >= 0.6 is 27.3 Å². The van der Waals surface area contributed by atoms with Crippen molar-refractivity contribution in [3.63, 3.8) is 0 Å². The zero-order valence-corrected chi connectivity index (χ0v) is 16.0. The number of carbonyl (C=O) groups excluding carboxylic acids is 1. The summed E-state index contributed by atoms with van der Waals surface area (Å²) in [7, 11) is 1.70. The molecule has 4 aromatic rings. The summed E-state index contributed by atoms with van der Waals surface area (Å²) < 4.78 is 4.27. The molecule has 0 saturated carbocycles. The van der Waals surface area contributed by atoms with Gasteiger partial charge in [0, 0.05) is 7.05 Å². The van der Waals surface area contributed by atoms with Crippen molar-refractivity contribution in [1.82, 2.24) is 29.6 Å². The average Bonchev–Trinajstić information content (AvgIpc) is 3.16. The second-order valence-corrected chi connectivity index (χ2v) is 7.51. The van der Waals surface area contributed by atoms with Crippen LogP contribution in [0.4, 0.5) is 0 Å². The fraction of sp³-hybridized carbons (Fsp3) is 0.188. The number of carbonyl (C=O) groups is 1. The predicted molar refractivity (Wildman–Crippen MR) is 102 cm³/mol. The molecule has 10 heteroatoms. The Balaban J connectivity index is 1.49. The maximum atomic E-state index is 12.5. The molecule has 8 nitrogen and oxygen atoms in total. The van der Waals surface area contributed by atoms with E-state index in [-0.39, 0.29) is 18.0 Å². The number of thiazole rings is 1. The largest absolute Gasteiger partial charge is 0.348 e. The van der Waals surface area contributed by atoms with E-state index in [1.54, 1.807) is 7.05 Å². The maximum absolute atomic E-state index is 12.5. The molecule has 132 valence electrons. The summed E-state index contributed by atoms with van der Waals surface area (Å²) in [6, 6.07) is 7.80. The van der Waals surface area contributed by atoms with Gasteiger partial charge in [-0.3, -0.25) is 14.2 Å². The number of aromatic nitrogens is 5. The van der Waals surface area contributed by atoms with Gasteiger partial charge in [0.1, 0.15) is 27.9 Å². The van der Waals surface area contributed by atoms with E-state index < -0.39 is 0 Å². The average molecular weight is 433 g/mol. The van der Waals surface area contributed by atoms with E-state index in [1.165, 1.54) is 26.9 Å². The molecule has 0 spiro atoms. The molecule has 1 aromatic carbocycles. The van der Waals surface area contributed by atoms with Crippen molar-refractivity contribution in [2.45, 2.75) is 13.1 Å². The second kappa shape index (κ2) is 6.61. The molecule has 0 radical (unpaired) electrons. The van der Waals surface area contributed by atoms with Gasteiger partial charge in [0.05, 0.1) is 16.8 Å². The molecule has 0 aliphatic rings. The number of hydrogen-bond acceptors (Lipinski definition) is 6. The zero-order chi connectivity index (χ0) is 18.3.